The van der Waals surface area contributed by atoms with Crippen molar-refractivity contribution in [1.82, 2.24) is 4.98 Å². The highest BCUT2D eigenvalue weighted by molar-refractivity contribution is 5.44. The summed E-state index contributed by atoms with van der Waals surface area (Å²) in [7, 11) is 1.62. The fraction of sp³-hybridized carbons (Fsp3) is 0.214. The molecule has 0 spiro atoms. The van der Waals surface area contributed by atoms with Gasteiger partial charge >= 0.3 is 0 Å². The molecule has 0 aliphatic carbocycles. The number of aryl methyl sites for hydroxylation is 1. The molecule has 0 radical (unpaired) electrons. The highest BCUT2D eigenvalue weighted by Gasteiger charge is 2.06. The number of rotatable bonds is 4. The number of nitrogens with two attached hydrogens (primary N) is 1. The average Bonchev–Trinajstić information content (AvgIpc) is 2.41. The van der Waals surface area contributed by atoms with Crippen molar-refractivity contribution in [3.8, 4) is 17.2 Å². The fourth-order valence-electron chi connectivity index (χ4n) is 1.58. The average molecular weight is 244 g/mol. The third kappa shape index (κ3) is 2.78. The third-order valence-corrected chi connectivity index (χ3v) is 2.55. The van der Waals surface area contributed by atoms with Crippen LogP contribution in [-0.2, 0) is 6.54 Å². The third-order valence-electron chi connectivity index (χ3n) is 2.55. The molecule has 0 unspecified atom stereocenters. The predicted octanol–water partition coefficient (Wildman–Crippen LogP) is 2.65. The van der Waals surface area contributed by atoms with E-state index < -0.39 is 0 Å². The van der Waals surface area contributed by atoms with Crippen LogP contribution in [0.15, 0.2) is 36.5 Å². The van der Waals surface area contributed by atoms with Crippen molar-refractivity contribution in [3.05, 3.63) is 47.8 Å². The maximum atomic E-state index is 5.73. The maximum absolute atomic E-state index is 5.73. The van der Waals surface area contributed by atoms with E-state index in [1.165, 1.54) is 0 Å². The number of hydrogen-bond acceptors (Lipinski definition) is 4. The van der Waals surface area contributed by atoms with Crippen molar-refractivity contribution in [3.63, 3.8) is 0 Å². The first-order valence-corrected chi connectivity index (χ1v) is 5.70. The molecule has 4 heteroatoms. The first-order chi connectivity index (χ1) is 8.72. The molecule has 4 nitrogen and oxygen atoms in total. The number of benzene rings is 1. The van der Waals surface area contributed by atoms with Crippen molar-refractivity contribution < 1.29 is 9.47 Å². The minimum absolute atomic E-state index is 0.425. The summed E-state index contributed by atoms with van der Waals surface area (Å²) in [6, 6.07) is 9.46. The van der Waals surface area contributed by atoms with E-state index in [-0.39, 0.29) is 0 Å². The molecule has 0 saturated heterocycles. The topological polar surface area (TPSA) is 57.4 Å². The van der Waals surface area contributed by atoms with E-state index in [1.54, 1.807) is 13.3 Å². The van der Waals surface area contributed by atoms with Crippen LogP contribution < -0.4 is 15.2 Å². The van der Waals surface area contributed by atoms with E-state index in [2.05, 4.69) is 4.98 Å². The fourth-order valence-corrected chi connectivity index (χ4v) is 1.58. The van der Waals surface area contributed by atoms with Crippen LogP contribution in [0.1, 0.15) is 11.3 Å². The second-order valence-corrected chi connectivity index (χ2v) is 3.95. The lowest BCUT2D eigenvalue weighted by Gasteiger charge is -2.10. The summed E-state index contributed by atoms with van der Waals surface area (Å²) in [5.41, 5.74) is 7.44. The number of aromatic nitrogens is 1. The zero-order chi connectivity index (χ0) is 13.0. The Labute approximate surface area is 106 Å². The van der Waals surface area contributed by atoms with Gasteiger partial charge in [0, 0.05) is 6.54 Å². The highest BCUT2D eigenvalue weighted by atomic mass is 16.5. The summed E-state index contributed by atoms with van der Waals surface area (Å²) in [5, 5.41) is 0. The molecule has 0 amide bonds. The van der Waals surface area contributed by atoms with Gasteiger partial charge in [-0.3, -0.25) is 4.98 Å². The predicted molar refractivity (Wildman–Crippen MR) is 69.9 cm³/mol. The van der Waals surface area contributed by atoms with Crippen molar-refractivity contribution in [1.29, 1.82) is 0 Å². The molecule has 2 N–H and O–H groups in total. The largest absolute Gasteiger partial charge is 0.493 e. The Morgan fingerprint density at radius 1 is 1.17 bits per heavy atom. The number of hydrogen-bond donors (Lipinski definition) is 1. The van der Waals surface area contributed by atoms with E-state index in [0.717, 1.165) is 11.3 Å². The molecule has 2 aromatic rings. The molecule has 1 heterocycles. The Morgan fingerprint density at radius 2 is 2.00 bits per heavy atom. The number of methoxy groups -OCH3 is 1. The molecule has 0 bridgehead atoms. The summed E-state index contributed by atoms with van der Waals surface area (Å²) in [5.74, 6) is 2.04. The molecule has 18 heavy (non-hydrogen) atoms. The van der Waals surface area contributed by atoms with E-state index in [9.17, 15) is 0 Å². The van der Waals surface area contributed by atoms with Crippen LogP contribution >= 0.6 is 0 Å². The van der Waals surface area contributed by atoms with Crippen LogP contribution in [0.25, 0.3) is 0 Å². The lowest BCUT2D eigenvalue weighted by atomic mass is 10.2. The molecule has 1 aromatic heterocycles. The number of ether oxygens (including phenoxy) is 2. The number of pyridine rings is 1. The van der Waals surface area contributed by atoms with Crippen molar-refractivity contribution in [2.45, 2.75) is 13.5 Å². The molecule has 0 saturated carbocycles. The van der Waals surface area contributed by atoms with E-state index in [0.29, 0.717) is 23.8 Å². The van der Waals surface area contributed by atoms with Gasteiger partial charge in [-0.25, -0.2) is 0 Å². The molecule has 0 aliphatic rings. The molecular weight excluding hydrogens is 228 g/mol. The van der Waals surface area contributed by atoms with Crippen molar-refractivity contribution >= 4 is 0 Å². The van der Waals surface area contributed by atoms with Crippen LogP contribution in [0.3, 0.4) is 0 Å². The lowest BCUT2D eigenvalue weighted by Crippen LogP contribution is -1.99. The maximum Gasteiger partial charge on any atom is 0.169 e. The first kappa shape index (κ1) is 12.4. The molecule has 2 rings (SSSR count). The van der Waals surface area contributed by atoms with Crippen LogP contribution in [0.4, 0.5) is 0 Å². The van der Waals surface area contributed by atoms with Gasteiger partial charge in [-0.05, 0) is 36.8 Å². The monoisotopic (exact) mass is 244 g/mol. The summed E-state index contributed by atoms with van der Waals surface area (Å²) < 4.78 is 11.0. The van der Waals surface area contributed by atoms with Crippen LogP contribution in [0.2, 0.25) is 0 Å². The normalized spacial score (nSPS) is 10.2. The van der Waals surface area contributed by atoms with E-state index in [4.69, 9.17) is 15.2 Å². The van der Waals surface area contributed by atoms with Gasteiger partial charge in [-0.15, -0.1) is 0 Å². The summed E-state index contributed by atoms with van der Waals surface area (Å²) in [6.07, 6.45) is 1.65. The zero-order valence-electron chi connectivity index (χ0n) is 10.5. The van der Waals surface area contributed by atoms with Crippen LogP contribution in [0, 0.1) is 6.92 Å². The standard InChI is InChI=1S/C14H16N2O2/c1-10-3-6-13(14(7-10)17-2)18-12-5-4-11(8-15)16-9-12/h3-7,9H,8,15H2,1-2H3. The van der Waals surface area contributed by atoms with Crippen LogP contribution in [-0.4, -0.2) is 12.1 Å². The number of nitrogens with zero attached hydrogens (tertiary/aromatic N) is 1. The molecule has 94 valence electrons. The first-order valence-electron chi connectivity index (χ1n) is 5.70. The smallest absolute Gasteiger partial charge is 0.169 e. The van der Waals surface area contributed by atoms with Gasteiger partial charge in [0.15, 0.2) is 11.5 Å². The molecular formula is C14H16N2O2. The quantitative estimate of drug-likeness (QED) is 0.898. The zero-order valence-corrected chi connectivity index (χ0v) is 10.5. The summed E-state index contributed by atoms with van der Waals surface area (Å²) >= 11 is 0. The highest BCUT2D eigenvalue weighted by Crippen LogP contribution is 2.31. The van der Waals surface area contributed by atoms with Gasteiger partial charge < -0.3 is 15.2 Å². The minimum atomic E-state index is 0.425. The molecule has 0 atom stereocenters. The Hall–Kier alpha value is -2.07. The van der Waals surface area contributed by atoms with Gasteiger partial charge in [0.2, 0.25) is 0 Å². The Balaban J connectivity index is 2.22. The summed E-state index contributed by atoms with van der Waals surface area (Å²) in [4.78, 5) is 4.18. The summed E-state index contributed by atoms with van der Waals surface area (Å²) in [6.45, 7) is 2.43. The van der Waals surface area contributed by atoms with Crippen molar-refractivity contribution in [2.75, 3.05) is 7.11 Å². The Bertz CT molecular complexity index is 524. The van der Waals surface area contributed by atoms with Gasteiger partial charge in [-0.2, -0.15) is 0 Å². The lowest BCUT2D eigenvalue weighted by molar-refractivity contribution is 0.378. The van der Waals surface area contributed by atoms with Crippen LogP contribution in [0.5, 0.6) is 17.2 Å². The van der Waals surface area contributed by atoms with Gasteiger partial charge in [0.1, 0.15) is 5.75 Å². The van der Waals surface area contributed by atoms with Gasteiger partial charge in [0.05, 0.1) is 19.0 Å². The Morgan fingerprint density at radius 3 is 2.61 bits per heavy atom. The van der Waals surface area contributed by atoms with E-state index in [1.807, 2.05) is 37.3 Å². The molecule has 0 fully saturated rings. The second kappa shape index (κ2) is 5.51. The molecule has 1 aromatic carbocycles. The van der Waals surface area contributed by atoms with Crippen molar-refractivity contribution in [2.24, 2.45) is 5.73 Å². The minimum Gasteiger partial charge on any atom is -0.493 e. The SMILES string of the molecule is COc1cc(C)ccc1Oc1ccc(CN)nc1. The van der Waals surface area contributed by atoms with E-state index >= 15 is 0 Å². The second-order valence-electron chi connectivity index (χ2n) is 3.95. The van der Waals surface area contributed by atoms with Gasteiger partial charge in [0.25, 0.3) is 0 Å². The molecule has 0 aliphatic heterocycles. The Kier molecular flexibility index (Phi) is 3.79. The van der Waals surface area contributed by atoms with Gasteiger partial charge in [-0.1, -0.05) is 6.07 Å².